The zero-order valence-electron chi connectivity index (χ0n) is 11.8. The summed E-state index contributed by atoms with van der Waals surface area (Å²) in [5, 5.41) is 0.958. The monoisotopic (exact) mass is 314 g/mol. The van der Waals surface area contributed by atoms with Crippen LogP contribution in [0.4, 0.5) is 4.39 Å². The number of hydrogen-bond acceptors (Lipinski definition) is 4. The van der Waals surface area contributed by atoms with Crippen LogP contribution in [-0.2, 0) is 6.42 Å². The van der Waals surface area contributed by atoms with Crippen LogP contribution in [0.25, 0.3) is 0 Å². The molecule has 1 atom stereocenters. The number of ketones is 1. The fourth-order valence-electron chi connectivity index (χ4n) is 2.41. The Morgan fingerprint density at radius 2 is 2.00 bits per heavy atom. The molecule has 5 heteroatoms. The number of hydrogen-bond donors (Lipinski definition) is 1. The third-order valence-electron chi connectivity index (χ3n) is 3.50. The summed E-state index contributed by atoms with van der Waals surface area (Å²) in [5.74, 6) is -0.446. The summed E-state index contributed by atoms with van der Waals surface area (Å²) in [7, 11) is 0. The summed E-state index contributed by atoms with van der Waals surface area (Å²) in [6.07, 6.45) is 0.819. The van der Waals surface area contributed by atoms with Crippen LogP contribution in [0.5, 0.6) is 0 Å². The lowest BCUT2D eigenvalue weighted by atomic mass is 9.99. The number of carbonyl (C=O) groups excluding carboxylic acids is 1. The van der Waals surface area contributed by atoms with Gasteiger partial charge >= 0.3 is 0 Å². The Balaban J connectivity index is 1.76. The molecule has 0 saturated heterocycles. The second kappa shape index (κ2) is 6.32. The smallest absolute Gasteiger partial charge is 0.193 e. The number of benzene rings is 2. The van der Waals surface area contributed by atoms with E-state index in [4.69, 9.17) is 5.73 Å². The summed E-state index contributed by atoms with van der Waals surface area (Å²) in [5.41, 5.74) is 7.85. The van der Waals surface area contributed by atoms with Gasteiger partial charge in [-0.1, -0.05) is 30.0 Å². The van der Waals surface area contributed by atoms with E-state index in [1.807, 2.05) is 18.2 Å². The van der Waals surface area contributed by atoms with Crippen LogP contribution in [0.15, 0.2) is 53.5 Å². The maximum Gasteiger partial charge on any atom is 0.193 e. The molecule has 1 unspecified atom stereocenters. The first-order valence-electron chi connectivity index (χ1n) is 6.97. The van der Waals surface area contributed by atoms with E-state index in [2.05, 4.69) is 4.99 Å². The highest BCUT2D eigenvalue weighted by Gasteiger charge is 2.18. The zero-order chi connectivity index (χ0) is 15.5. The van der Waals surface area contributed by atoms with Crippen LogP contribution in [0.1, 0.15) is 21.5 Å². The van der Waals surface area contributed by atoms with Gasteiger partial charge in [-0.3, -0.25) is 9.79 Å². The van der Waals surface area contributed by atoms with E-state index in [0.717, 1.165) is 12.0 Å². The number of amidine groups is 1. The maximum atomic E-state index is 12.9. The minimum atomic E-state index is -0.346. The van der Waals surface area contributed by atoms with Crippen molar-refractivity contribution in [1.82, 2.24) is 0 Å². The Kier molecular flexibility index (Phi) is 4.24. The molecule has 22 heavy (non-hydrogen) atoms. The van der Waals surface area contributed by atoms with Crippen molar-refractivity contribution in [2.45, 2.75) is 11.7 Å². The quantitative estimate of drug-likeness (QED) is 0.883. The van der Waals surface area contributed by atoms with E-state index < -0.39 is 0 Å². The topological polar surface area (TPSA) is 55.4 Å². The van der Waals surface area contributed by atoms with Gasteiger partial charge in [0.15, 0.2) is 11.0 Å². The van der Waals surface area contributed by atoms with Gasteiger partial charge in [0.05, 0.1) is 6.54 Å². The van der Waals surface area contributed by atoms with Gasteiger partial charge in [-0.05, 0) is 42.3 Å². The van der Waals surface area contributed by atoms with Gasteiger partial charge in [-0.25, -0.2) is 4.39 Å². The highest BCUT2D eigenvalue weighted by Crippen LogP contribution is 2.23. The van der Waals surface area contributed by atoms with Crippen molar-refractivity contribution < 1.29 is 9.18 Å². The van der Waals surface area contributed by atoms with E-state index in [1.165, 1.54) is 24.3 Å². The van der Waals surface area contributed by atoms with Gasteiger partial charge in [0.1, 0.15) is 5.82 Å². The second-order valence-electron chi connectivity index (χ2n) is 5.16. The molecular formula is C17H15FN2OS. The number of aliphatic imine (C=N–C) groups is 1. The maximum absolute atomic E-state index is 12.9. The molecule has 0 amide bonds. The van der Waals surface area contributed by atoms with Crippen molar-refractivity contribution >= 4 is 22.7 Å². The van der Waals surface area contributed by atoms with Crippen LogP contribution in [0.2, 0.25) is 0 Å². The fourth-order valence-corrected chi connectivity index (χ4v) is 3.33. The summed E-state index contributed by atoms with van der Waals surface area (Å²) >= 11 is 1.57. The van der Waals surface area contributed by atoms with E-state index in [0.29, 0.717) is 28.1 Å². The lowest BCUT2D eigenvalue weighted by molar-refractivity contribution is 0.103. The SMILES string of the molecule is NC1=NCC(Cc2cccc(C(=O)c3ccc(F)cc3)c2)S1. The van der Waals surface area contributed by atoms with Crippen molar-refractivity contribution in [3.05, 3.63) is 71.0 Å². The van der Waals surface area contributed by atoms with Crippen molar-refractivity contribution in [2.75, 3.05) is 6.54 Å². The number of nitrogens with two attached hydrogens (primary N) is 1. The van der Waals surface area contributed by atoms with Gasteiger partial charge in [-0.15, -0.1) is 0 Å². The molecule has 0 radical (unpaired) electrons. The summed E-state index contributed by atoms with van der Waals surface area (Å²) in [6, 6.07) is 13.1. The summed E-state index contributed by atoms with van der Waals surface area (Å²) in [6.45, 7) is 0.715. The first-order chi connectivity index (χ1) is 10.6. The van der Waals surface area contributed by atoms with Crippen LogP contribution in [0.3, 0.4) is 0 Å². The molecule has 1 aliphatic heterocycles. The standard InChI is InChI=1S/C17H15FN2OS/c18-14-6-4-12(5-7-14)16(21)13-3-1-2-11(8-13)9-15-10-20-17(19)22-15/h1-8,15H,9-10H2,(H2,19,20). The van der Waals surface area contributed by atoms with E-state index >= 15 is 0 Å². The van der Waals surface area contributed by atoms with Crippen LogP contribution < -0.4 is 5.73 Å². The lowest BCUT2D eigenvalue weighted by Crippen LogP contribution is -2.10. The Morgan fingerprint density at radius 3 is 2.68 bits per heavy atom. The Labute approximate surface area is 132 Å². The molecule has 0 aliphatic carbocycles. The molecule has 0 aromatic heterocycles. The van der Waals surface area contributed by atoms with Crippen molar-refractivity contribution in [3.8, 4) is 0 Å². The molecule has 112 valence electrons. The Morgan fingerprint density at radius 1 is 1.23 bits per heavy atom. The lowest BCUT2D eigenvalue weighted by Gasteiger charge is -2.09. The third-order valence-corrected chi connectivity index (χ3v) is 4.52. The summed E-state index contributed by atoms with van der Waals surface area (Å²) < 4.78 is 12.9. The molecular weight excluding hydrogens is 299 g/mol. The van der Waals surface area contributed by atoms with Gasteiger partial charge in [0.2, 0.25) is 0 Å². The molecule has 1 aliphatic rings. The third kappa shape index (κ3) is 3.36. The highest BCUT2D eigenvalue weighted by atomic mass is 32.2. The molecule has 2 aromatic rings. The predicted molar refractivity (Wildman–Crippen MR) is 87.8 cm³/mol. The van der Waals surface area contributed by atoms with E-state index in [-0.39, 0.29) is 11.6 Å². The molecule has 3 nitrogen and oxygen atoms in total. The molecule has 3 rings (SSSR count). The van der Waals surface area contributed by atoms with Crippen LogP contribution >= 0.6 is 11.8 Å². The average Bonchev–Trinajstić information content (AvgIpc) is 2.93. The molecule has 2 aromatic carbocycles. The molecule has 0 saturated carbocycles. The van der Waals surface area contributed by atoms with E-state index in [9.17, 15) is 9.18 Å². The Hall–Kier alpha value is -2.14. The number of rotatable bonds is 4. The number of carbonyl (C=O) groups is 1. The summed E-state index contributed by atoms with van der Waals surface area (Å²) in [4.78, 5) is 16.6. The number of halogens is 1. The normalized spacial score (nSPS) is 17.3. The van der Waals surface area contributed by atoms with Gasteiger partial charge in [-0.2, -0.15) is 0 Å². The minimum absolute atomic E-state index is 0.100. The largest absolute Gasteiger partial charge is 0.379 e. The first kappa shape index (κ1) is 14.8. The first-order valence-corrected chi connectivity index (χ1v) is 7.85. The minimum Gasteiger partial charge on any atom is -0.379 e. The second-order valence-corrected chi connectivity index (χ2v) is 6.48. The molecule has 0 fully saturated rings. The molecule has 1 heterocycles. The zero-order valence-corrected chi connectivity index (χ0v) is 12.6. The van der Waals surface area contributed by atoms with Gasteiger partial charge < -0.3 is 5.73 Å². The molecule has 0 spiro atoms. The molecule has 0 bridgehead atoms. The number of thioether (sulfide) groups is 1. The van der Waals surface area contributed by atoms with E-state index in [1.54, 1.807) is 17.8 Å². The highest BCUT2D eigenvalue weighted by molar-refractivity contribution is 8.14. The van der Waals surface area contributed by atoms with Crippen molar-refractivity contribution in [2.24, 2.45) is 10.7 Å². The Bertz CT molecular complexity index is 728. The van der Waals surface area contributed by atoms with Crippen LogP contribution in [-0.4, -0.2) is 22.7 Å². The van der Waals surface area contributed by atoms with Gasteiger partial charge in [0, 0.05) is 16.4 Å². The van der Waals surface area contributed by atoms with Crippen LogP contribution in [0, 0.1) is 5.82 Å². The molecule has 2 N–H and O–H groups in total. The fraction of sp³-hybridized carbons (Fsp3) is 0.176. The number of nitrogens with zero attached hydrogens (tertiary/aromatic N) is 1. The van der Waals surface area contributed by atoms with Crippen molar-refractivity contribution in [1.29, 1.82) is 0 Å². The predicted octanol–water partition coefficient (Wildman–Crippen LogP) is 3.03. The van der Waals surface area contributed by atoms with Gasteiger partial charge in [0.25, 0.3) is 0 Å². The average molecular weight is 314 g/mol. The van der Waals surface area contributed by atoms with Crippen molar-refractivity contribution in [3.63, 3.8) is 0 Å².